The number of rotatable bonds is 0. The third-order valence-electron chi connectivity index (χ3n) is 0. The Kier molecular flexibility index (Phi) is 10.4. The largest absolute Gasteiger partial charge is 0.312 e. The van der Waals surface area contributed by atoms with Gasteiger partial charge in [-0.3, -0.25) is 0 Å². The van der Waals surface area contributed by atoms with E-state index in [0.717, 1.165) is 0 Å². The summed E-state index contributed by atoms with van der Waals surface area (Å²) >= 11 is 14.2. The van der Waals surface area contributed by atoms with Gasteiger partial charge in [0.15, 0.2) is 0 Å². The van der Waals surface area contributed by atoms with Crippen molar-refractivity contribution in [3.05, 3.63) is 4.30 Å². The molecule has 0 spiro atoms. The predicted octanol–water partition coefficient (Wildman–Crippen LogP) is 2.15. The van der Waals surface area contributed by atoms with Gasteiger partial charge < -0.3 is 34.8 Å². The quantitative estimate of drug-likeness (QED) is 0.390. The van der Waals surface area contributed by atoms with Crippen LogP contribution >= 0.6 is 34.8 Å². The molecule has 4 heteroatoms. The van der Waals surface area contributed by atoms with E-state index in [4.69, 9.17) is 34.8 Å². The smallest absolute Gasteiger partial charge is 0 e. The maximum Gasteiger partial charge on any atom is 0 e. The van der Waals surface area contributed by atoms with E-state index in [-0.39, 0.29) is 21.4 Å². The summed E-state index contributed by atoms with van der Waals surface area (Å²) in [4.78, 5) is 0. The zero-order chi connectivity index (χ0) is 3.58. The molecule has 34 valence electrons. The number of hydrogen-bond acceptors (Lipinski definition) is 0. The average Bonchev–Trinajstić information content (AvgIpc) is 0.811. The van der Waals surface area contributed by atoms with Gasteiger partial charge in [0.2, 0.25) is 0 Å². The minimum Gasteiger partial charge on any atom is -0.312 e. The predicted molar refractivity (Wildman–Crippen MR) is 20.8 cm³/mol. The molecular weight excluding hydrogens is 174 g/mol. The van der Waals surface area contributed by atoms with Crippen LogP contribution in [0.15, 0.2) is 0 Å². The fraction of sp³-hybridized carbons (Fsp3) is 0. The van der Waals surface area contributed by atoms with Crippen LogP contribution < -0.4 is 0 Å². The Morgan fingerprint density at radius 3 is 1.00 bits per heavy atom. The SMILES string of the molecule is Cl[C-](Cl)Cl.[Fe]. The van der Waals surface area contributed by atoms with Crippen molar-refractivity contribution in [2.24, 2.45) is 0 Å². The van der Waals surface area contributed by atoms with Gasteiger partial charge in [0.1, 0.15) is 0 Å². The van der Waals surface area contributed by atoms with Gasteiger partial charge in [-0.2, -0.15) is 0 Å². The summed E-state index contributed by atoms with van der Waals surface area (Å²) in [6.07, 6.45) is 0. The molecule has 0 aromatic rings. The van der Waals surface area contributed by atoms with Gasteiger partial charge in [-0.25, -0.2) is 0 Å². The van der Waals surface area contributed by atoms with E-state index >= 15 is 0 Å². The van der Waals surface area contributed by atoms with Crippen molar-refractivity contribution in [3.63, 3.8) is 0 Å². The van der Waals surface area contributed by atoms with E-state index in [0.29, 0.717) is 0 Å². The molecule has 0 fully saturated rings. The van der Waals surface area contributed by atoms with Crippen molar-refractivity contribution in [1.29, 1.82) is 0 Å². The van der Waals surface area contributed by atoms with Crippen LogP contribution in [0.3, 0.4) is 0 Å². The summed E-state index contributed by atoms with van der Waals surface area (Å²) < 4.78 is -0.167. The van der Waals surface area contributed by atoms with Gasteiger partial charge in [0.25, 0.3) is 0 Å². The van der Waals surface area contributed by atoms with E-state index in [1.807, 2.05) is 0 Å². The molecule has 0 atom stereocenters. The summed E-state index contributed by atoms with van der Waals surface area (Å²) in [7, 11) is 0. The topological polar surface area (TPSA) is 0 Å². The van der Waals surface area contributed by atoms with E-state index < -0.39 is 0 Å². The molecule has 0 amide bonds. The summed E-state index contributed by atoms with van der Waals surface area (Å²) in [6.45, 7) is 0. The van der Waals surface area contributed by atoms with Crippen LogP contribution in [0.2, 0.25) is 0 Å². The number of hydrogen-bond donors (Lipinski definition) is 0. The van der Waals surface area contributed by atoms with Crippen LogP contribution in [0.25, 0.3) is 0 Å². The van der Waals surface area contributed by atoms with Crippen LogP contribution in [0.5, 0.6) is 0 Å². The van der Waals surface area contributed by atoms with E-state index in [2.05, 4.69) is 0 Å². The Labute approximate surface area is 56.2 Å². The first-order valence-electron chi connectivity index (χ1n) is 0.567. The molecule has 0 unspecified atom stereocenters. The molecule has 0 saturated heterocycles. The summed E-state index contributed by atoms with van der Waals surface area (Å²) in [5.74, 6) is 0. The molecule has 0 aromatic heterocycles. The maximum absolute atomic E-state index is 4.72. The van der Waals surface area contributed by atoms with Gasteiger partial charge in [-0.15, -0.1) is 0 Å². The zero-order valence-corrected chi connectivity index (χ0v) is 5.36. The molecule has 0 rings (SSSR count). The molecule has 0 aliphatic rings. The fourth-order valence-corrected chi connectivity index (χ4v) is 0. The Morgan fingerprint density at radius 1 is 1.00 bits per heavy atom. The molecule has 0 bridgehead atoms. The first-order chi connectivity index (χ1) is 1.73. The molecule has 0 aliphatic heterocycles. The molecule has 5 heavy (non-hydrogen) atoms. The van der Waals surface area contributed by atoms with Crippen molar-refractivity contribution in [3.8, 4) is 0 Å². The monoisotopic (exact) mass is 173 g/mol. The van der Waals surface area contributed by atoms with Crippen molar-refractivity contribution in [2.75, 3.05) is 0 Å². The van der Waals surface area contributed by atoms with Crippen molar-refractivity contribution in [1.82, 2.24) is 0 Å². The van der Waals surface area contributed by atoms with E-state index in [1.165, 1.54) is 0 Å². The van der Waals surface area contributed by atoms with Crippen LogP contribution in [0.4, 0.5) is 0 Å². The van der Waals surface area contributed by atoms with Crippen molar-refractivity contribution in [2.45, 2.75) is 0 Å². The van der Waals surface area contributed by atoms with Crippen LogP contribution in [0, 0.1) is 4.30 Å². The summed E-state index contributed by atoms with van der Waals surface area (Å²) in [5.41, 5.74) is 0. The number of halogens is 3. The van der Waals surface area contributed by atoms with Gasteiger partial charge in [-0.1, -0.05) is 4.30 Å². The van der Waals surface area contributed by atoms with Crippen LogP contribution in [0.1, 0.15) is 0 Å². The van der Waals surface area contributed by atoms with Gasteiger partial charge in [-0.05, 0) is 0 Å². The van der Waals surface area contributed by atoms with E-state index in [9.17, 15) is 0 Å². The van der Waals surface area contributed by atoms with E-state index in [1.54, 1.807) is 0 Å². The molecule has 0 nitrogen and oxygen atoms in total. The first kappa shape index (κ1) is 9.63. The third kappa shape index (κ3) is 32.1. The fourth-order valence-electron chi connectivity index (χ4n) is 0. The standard InChI is InChI=1S/CCl3.Fe/c2-1(3)4;/q-1;. The zero-order valence-electron chi connectivity index (χ0n) is 1.99. The molecule has 0 N–H and O–H groups in total. The van der Waals surface area contributed by atoms with Crippen molar-refractivity contribution < 1.29 is 17.1 Å². The molecule has 0 aromatic carbocycles. The third-order valence-corrected chi connectivity index (χ3v) is 0. The molecule has 0 aliphatic carbocycles. The second kappa shape index (κ2) is 5.39. The minimum atomic E-state index is -0.167. The van der Waals surface area contributed by atoms with Crippen LogP contribution in [-0.2, 0) is 17.1 Å². The Balaban J connectivity index is 0. The van der Waals surface area contributed by atoms with Gasteiger partial charge in [0.05, 0.1) is 0 Å². The molecule has 0 saturated carbocycles. The minimum absolute atomic E-state index is 0. The molecule has 0 radical (unpaired) electrons. The molecule has 0 heterocycles. The Hall–Kier alpha value is 1.39. The first-order valence-corrected chi connectivity index (χ1v) is 1.70. The second-order valence-electron chi connectivity index (χ2n) is 0.214. The molecular formula is CCl3Fe-. The van der Waals surface area contributed by atoms with Gasteiger partial charge >= 0.3 is 0 Å². The Morgan fingerprint density at radius 2 is 1.00 bits per heavy atom. The Bertz CT molecular complexity index is 11.6. The second-order valence-corrected chi connectivity index (χ2v) is 1.93. The van der Waals surface area contributed by atoms with Gasteiger partial charge in [0, 0.05) is 17.1 Å². The summed E-state index contributed by atoms with van der Waals surface area (Å²) in [6, 6.07) is 0. The summed E-state index contributed by atoms with van der Waals surface area (Å²) in [5, 5.41) is 0. The normalized spacial score (nSPS) is 7.20. The van der Waals surface area contributed by atoms with Crippen LogP contribution in [-0.4, -0.2) is 0 Å². The maximum atomic E-state index is 4.72. The van der Waals surface area contributed by atoms with Crippen molar-refractivity contribution >= 4 is 34.8 Å². The average molecular weight is 174 g/mol.